The van der Waals surface area contributed by atoms with Crippen LogP contribution in [-0.4, -0.2) is 18.1 Å². The number of fused-ring (bicyclic) bond motifs is 1. The van der Waals surface area contributed by atoms with Crippen LogP contribution in [0.25, 0.3) is 0 Å². The first kappa shape index (κ1) is 7.01. The zero-order valence-corrected chi connectivity index (χ0v) is 7.12. The smallest absolute Gasteiger partial charge is 0.119 e. The number of rotatable bonds is 1. The molecule has 60 valence electrons. The van der Waals surface area contributed by atoms with Crippen LogP contribution in [0.5, 0.6) is 0 Å². The van der Waals surface area contributed by atoms with Gasteiger partial charge in [-0.2, -0.15) is 0 Å². The van der Waals surface area contributed by atoms with Gasteiger partial charge in [-0.1, -0.05) is 13.3 Å². The monoisotopic (exact) mass is 150 g/mol. The standard InChI is InChI=1S/C9H14N2/c1-3-8-7-4-9(8)11-6(2)10-5-7/h5,7-9H,3-4H2,1-2H3. The van der Waals surface area contributed by atoms with Gasteiger partial charge in [-0.25, -0.2) is 4.99 Å². The number of hydrogen-bond donors (Lipinski definition) is 0. The largest absolute Gasteiger partial charge is 0.267 e. The molecule has 2 bridgehead atoms. The summed E-state index contributed by atoms with van der Waals surface area (Å²) < 4.78 is 0. The molecule has 2 heterocycles. The van der Waals surface area contributed by atoms with E-state index in [1.165, 1.54) is 12.8 Å². The molecule has 0 radical (unpaired) electrons. The second kappa shape index (κ2) is 2.43. The van der Waals surface area contributed by atoms with E-state index in [2.05, 4.69) is 23.1 Å². The fourth-order valence-electron chi connectivity index (χ4n) is 2.09. The maximum atomic E-state index is 4.51. The van der Waals surface area contributed by atoms with E-state index in [-0.39, 0.29) is 0 Å². The van der Waals surface area contributed by atoms with E-state index in [1.54, 1.807) is 0 Å². The molecule has 1 aliphatic carbocycles. The molecule has 2 nitrogen and oxygen atoms in total. The van der Waals surface area contributed by atoms with Crippen molar-refractivity contribution in [1.29, 1.82) is 0 Å². The maximum Gasteiger partial charge on any atom is 0.119 e. The first-order valence-electron chi connectivity index (χ1n) is 4.40. The molecular formula is C9H14N2. The van der Waals surface area contributed by atoms with E-state index < -0.39 is 0 Å². The molecule has 3 atom stereocenters. The SMILES string of the molecule is CCC1C2C=NC(C)=NC1C2. The minimum atomic E-state index is 0.590. The van der Waals surface area contributed by atoms with Crippen LogP contribution in [0.2, 0.25) is 0 Å². The molecule has 0 N–H and O–H groups in total. The van der Waals surface area contributed by atoms with Crippen LogP contribution in [0, 0.1) is 11.8 Å². The van der Waals surface area contributed by atoms with Crippen molar-refractivity contribution in [2.24, 2.45) is 21.8 Å². The van der Waals surface area contributed by atoms with Crippen molar-refractivity contribution >= 4 is 12.1 Å². The molecule has 0 spiro atoms. The average Bonchev–Trinajstić information content (AvgIpc) is 2.19. The van der Waals surface area contributed by atoms with Gasteiger partial charge in [0.2, 0.25) is 0 Å². The van der Waals surface area contributed by atoms with Gasteiger partial charge in [-0.15, -0.1) is 0 Å². The lowest BCUT2D eigenvalue weighted by Crippen LogP contribution is -2.39. The minimum absolute atomic E-state index is 0.590. The highest BCUT2D eigenvalue weighted by molar-refractivity contribution is 5.90. The summed E-state index contributed by atoms with van der Waals surface area (Å²) in [7, 11) is 0. The highest BCUT2D eigenvalue weighted by Gasteiger charge is 2.39. The Bertz CT molecular complexity index is 218. The molecule has 2 heteroatoms. The summed E-state index contributed by atoms with van der Waals surface area (Å²) in [5.41, 5.74) is 0. The maximum absolute atomic E-state index is 4.51. The topological polar surface area (TPSA) is 24.7 Å². The van der Waals surface area contributed by atoms with Crippen molar-refractivity contribution in [3.05, 3.63) is 0 Å². The third-order valence-corrected chi connectivity index (χ3v) is 2.83. The Hall–Kier alpha value is -0.660. The number of hydrogen-bond acceptors (Lipinski definition) is 2. The Labute approximate surface area is 67.4 Å². The lowest BCUT2D eigenvalue weighted by Gasteiger charge is -2.38. The highest BCUT2D eigenvalue weighted by Crippen LogP contribution is 2.39. The van der Waals surface area contributed by atoms with Crippen molar-refractivity contribution in [3.8, 4) is 0 Å². The van der Waals surface area contributed by atoms with Crippen LogP contribution in [0.4, 0.5) is 0 Å². The number of amidine groups is 1. The Morgan fingerprint density at radius 2 is 2.45 bits per heavy atom. The summed E-state index contributed by atoms with van der Waals surface area (Å²) in [6.45, 7) is 4.23. The van der Waals surface area contributed by atoms with E-state index >= 15 is 0 Å². The van der Waals surface area contributed by atoms with Crippen molar-refractivity contribution in [3.63, 3.8) is 0 Å². The zero-order chi connectivity index (χ0) is 7.84. The molecule has 3 rings (SSSR count). The van der Waals surface area contributed by atoms with Crippen LogP contribution >= 0.6 is 0 Å². The summed E-state index contributed by atoms with van der Waals surface area (Å²) >= 11 is 0. The number of aliphatic imine (C=N–C) groups is 2. The lowest BCUT2D eigenvalue weighted by molar-refractivity contribution is 0.199. The fourth-order valence-corrected chi connectivity index (χ4v) is 2.09. The van der Waals surface area contributed by atoms with Gasteiger partial charge < -0.3 is 0 Å². The summed E-state index contributed by atoms with van der Waals surface area (Å²) in [5.74, 6) is 2.48. The molecule has 3 unspecified atom stereocenters. The van der Waals surface area contributed by atoms with Crippen LogP contribution in [0.1, 0.15) is 26.7 Å². The van der Waals surface area contributed by atoms with Crippen molar-refractivity contribution in [2.75, 3.05) is 0 Å². The van der Waals surface area contributed by atoms with Crippen molar-refractivity contribution in [1.82, 2.24) is 0 Å². The Morgan fingerprint density at radius 1 is 1.64 bits per heavy atom. The zero-order valence-electron chi connectivity index (χ0n) is 7.12. The van der Waals surface area contributed by atoms with Crippen LogP contribution in [0.15, 0.2) is 9.98 Å². The Morgan fingerprint density at radius 3 is 3.18 bits per heavy atom. The van der Waals surface area contributed by atoms with E-state index in [0.29, 0.717) is 6.04 Å². The quantitative estimate of drug-likeness (QED) is 0.545. The van der Waals surface area contributed by atoms with Gasteiger partial charge in [0.05, 0.1) is 6.04 Å². The van der Waals surface area contributed by atoms with Gasteiger partial charge >= 0.3 is 0 Å². The number of nitrogens with zero attached hydrogens (tertiary/aromatic N) is 2. The molecule has 11 heavy (non-hydrogen) atoms. The predicted molar refractivity (Wildman–Crippen MR) is 47.3 cm³/mol. The molecule has 2 aliphatic heterocycles. The minimum Gasteiger partial charge on any atom is -0.267 e. The van der Waals surface area contributed by atoms with Gasteiger partial charge in [-0.05, 0) is 19.3 Å². The van der Waals surface area contributed by atoms with Gasteiger partial charge in [-0.3, -0.25) is 4.99 Å². The van der Waals surface area contributed by atoms with Crippen LogP contribution in [-0.2, 0) is 0 Å². The molecule has 0 saturated heterocycles. The Kier molecular flexibility index (Phi) is 1.55. The average molecular weight is 150 g/mol. The van der Waals surface area contributed by atoms with Gasteiger partial charge in [0.1, 0.15) is 5.84 Å². The van der Waals surface area contributed by atoms with E-state index in [9.17, 15) is 0 Å². The summed E-state index contributed by atoms with van der Waals surface area (Å²) in [6, 6.07) is 0.590. The van der Waals surface area contributed by atoms with E-state index in [1.807, 2.05) is 6.92 Å². The predicted octanol–water partition coefficient (Wildman–Crippen LogP) is 1.90. The third-order valence-electron chi connectivity index (χ3n) is 2.83. The van der Waals surface area contributed by atoms with E-state index in [4.69, 9.17) is 0 Å². The fraction of sp³-hybridized carbons (Fsp3) is 0.778. The van der Waals surface area contributed by atoms with Crippen molar-refractivity contribution < 1.29 is 0 Å². The Balaban J connectivity index is 2.19. The third kappa shape index (κ3) is 1.01. The molecule has 1 fully saturated rings. The van der Waals surface area contributed by atoms with Gasteiger partial charge in [0.15, 0.2) is 0 Å². The molecular weight excluding hydrogens is 136 g/mol. The normalized spacial score (nSPS) is 40.9. The second-order valence-corrected chi connectivity index (χ2v) is 3.49. The molecule has 0 aromatic rings. The second-order valence-electron chi connectivity index (χ2n) is 3.49. The summed E-state index contributed by atoms with van der Waals surface area (Å²) in [6.07, 6.45) is 4.58. The first-order chi connectivity index (χ1) is 5.31. The van der Waals surface area contributed by atoms with Gasteiger partial charge in [0, 0.05) is 12.1 Å². The lowest BCUT2D eigenvalue weighted by atomic mass is 9.69. The molecule has 0 aromatic carbocycles. The van der Waals surface area contributed by atoms with E-state index in [0.717, 1.165) is 17.7 Å². The molecule has 3 aliphatic rings. The molecule has 0 aromatic heterocycles. The molecule has 0 amide bonds. The highest BCUT2D eigenvalue weighted by atomic mass is 15.0. The van der Waals surface area contributed by atoms with Gasteiger partial charge in [0.25, 0.3) is 0 Å². The first-order valence-corrected chi connectivity index (χ1v) is 4.40. The molecule has 1 saturated carbocycles. The van der Waals surface area contributed by atoms with Crippen molar-refractivity contribution in [2.45, 2.75) is 32.7 Å². The van der Waals surface area contributed by atoms with Crippen LogP contribution < -0.4 is 0 Å². The summed E-state index contributed by atoms with van der Waals surface area (Å²) in [5, 5.41) is 0. The summed E-state index contributed by atoms with van der Waals surface area (Å²) in [4.78, 5) is 8.78. The van der Waals surface area contributed by atoms with Crippen LogP contribution in [0.3, 0.4) is 0 Å².